The zero-order valence-corrected chi connectivity index (χ0v) is 14.0. The highest BCUT2D eigenvalue weighted by molar-refractivity contribution is 5.94. The number of carbonyl (C=O) groups excluding carboxylic acids is 2. The Balaban J connectivity index is 1.63. The van der Waals surface area contributed by atoms with Gasteiger partial charge in [0.2, 0.25) is 0 Å². The minimum absolute atomic E-state index is 0.0467. The Morgan fingerprint density at radius 3 is 2.00 bits per heavy atom. The first-order valence-electron chi connectivity index (χ1n) is 7.85. The van der Waals surface area contributed by atoms with Gasteiger partial charge in [0, 0.05) is 18.7 Å². The number of benzene rings is 2. The third kappa shape index (κ3) is 5.76. The first kappa shape index (κ1) is 17.5. The first-order chi connectivity index (χ1) is 11.5. The number of nitrogens with one attached hydrogen (secondary N) is 2. The minimum atomic E-state index is -0.222. The van der Waals surface area contributed by atoms with Crippen LogP contribution in [0.4, 0.5) is 0 Å². The van der Waals surface area contributed by atoms with Crippen LogP contribution in [0.5, 0.6) is 5.75 Å². The van der Waals surface area contributed by atoms with Crippen LogP contribution >= 0.6 is 0 Å². The molecule has 126 valence electrons. The number of aryl methyl sites for hydroxylation is 2. The highest BCUT2D eigenvalue weighted by atomic mass is 16.5. The van der Waals surface area contributed by atoms with Crippen LogP contribution in [-0.4, -0.2) is 31.5 Å². The van der Waals surface area contributed by atoms with Crippen molar-refractivity contribution in [2.75, 3.05) is 19.7 Å². The van der Waals surface area contributed by atoms with Gasteiger partial charge in [-0.3, -0.25) is 9.59 Å². The Labute approximate surface area is 142 Å². The molecule has 2 aromatic carbocycles. The number of rotatable bonds is 7. The summed E-state index contributed by atoms with van der Waals surface area (Å²) in [5.41, 5.74) is 2.85. The van der Waals surface area contributed by atoms with E-state index in [1.165, 1.54) is 0 Å². The number of hydrogen-bond donors (Lipinski definition) is 2. The van der Waals surface area contributed by atoms with Crippen molar-refractivity contribution < 1.29 is 14.3 Å². The third-order valence-corrected chi connectivity index (χ3v) is 3.44. The van der Waals surface area contributed by atoms with Crippen LogP contribution in [0.3, 0.4) is 0 Å². The van der Waals surface area contributed by atoms with Crippen molar-refractivity contribution >= 4 is 11.8 Å². The predicted octanol–water partition coefficient (Wildman–Crippen LogP) is 2.23. The summed E-state index contributed by atoms with van der Waals surface area (Å²) in [5.74, 6) is 0.281. The fourth-order valence-electron chi connectivity index (χ4n) is 2.02. The summed E-state index contributed by atoms with van der Waals surface area (Å²) < 4.78 is 5.38. The third-order valence-electron chi connectivity index (χ3n) is 3.44. The van der Waals surface area contributed by atoms with E-state index in [1.54, 1.807) is 12.1 Å². The minimum Gasteiger partial charge on any atom is -0.484 e. The molecule has 0 radical (unpaired) electrons. The molecule has 2 N–H and O–H groups in total. The van der Waals surface area contributed by atoms with Gasteiger partial charge in [-0.1, -0.05) is 35.4 Å². The van der Waals surface area contributed by atoms with Crippen LogP contribution in [0.15, 0.2) is 48.5 Å². The van der Waals surface area contributed by atoms with Gasteiger partial charge in [-0.2, -0.15) is 0 Å². The van der Waals surface area contributed by atoms with Crippen LogP contribution in [0.2, 0.25) is 0 Å². The average molecular weight is 326 g/mol. The molecule has 0 aliphatic heterocycles. The second-order valence-corrected chi connectivity index (χ2v) is 5.57. The van der Waals surface area contributed by atoms with Gasteiger partial charge in [-0.15, -0.1) is 0 Å². The molecule has 0 aromatic heterocycles. The number of amides is 2. The van der Waals surface area contributed by atoms with E-state index in [0.717, 1.165) is 11.1 Å². The highest BCUT2D eigenvalue weighted by Crippen LogP contribution is 2.10. The lowest BCUT2D eigenvalue weighted by molar-refractivity contribution is -0.123. The van der Waals surface area contributed by atoms with E-state index in [9.17, 15) is 9.59 Å². The zero-order chi connectivity index (χ0) is 17.4. The largest absolute Gasteiger partial charge is 0.484 e. The molecule has 0 aliphatic carbocycles. The summed E-state index contributed by atoms with van der Waals surface area (Å²) in [6.45, 7) is 4.63. The maximum Gasteiger partial charge on any atom is 0.258 e. The van der Waals surface area contributed by atoms with E-state index >= 15 is 0 Å². The lowest BCUT2D eigenvalue weighted by Crippen LogP contribution is -2.36. The van der Waals surface area contributed by atoms with Gasteiger partial charge in [0.05, 0.1) is 0 Å². The Morgan fingerprint density at radius 2 is 1.38 bits per heavy atom. The fourth-order valence-corrected chi connectivity index (χ4v) is 2.02. The Hall–Kier alpha value is -2.82. The SMILES string of the molecule is Cc1ccc(OCC(=O)NCCNC(=O)c2ccc(C)cc2)cc1. The van der Waals surface area contributed by atoms with Crippen molar-refractivity contribution in [2.45, 2.75) is 13.8 Å². The summed E-state index contributed by atoms with van der Waals surface area (Å²) in [5, 5.41) is 5.46. The standard InChI is InChI=1S/C19H22N2O3/c1-14-3-7-16(8-4-14)19(23)21-12-11-20-18(22)13-24-17-9-5-15(2)6-10-17/h3-10H,11-13H2,1-2H3,(H,20,22)(H,21,23). The zero-order valence-electron chi connectivity index (χ0n) is 14.0. The summed E-state index contributed by atoms with van der Waals surface area (Å²) in [6.07, 6.45) is 0. The number of carbonyl (C=O) groups is 2. The topological polar surface area (TPSA) is 67.4 Å². The summed E-state index contributed by atoms with van der Waals surface area (Å²) >= 11 is 0. The average Bonchev–Trinajstić information content (AvgIpc) is 2.58. The lowest BCUT2D eigenvalue weighted by Gasteiger charge is -2.09. The van der Waals surface area contributed by atoms with E-state index in [0.29, 0.717) is 24.4 Å². The molecule has 5 nitrogen and oxygen atoms in total. The predicted molar refractivity (Wildman–Crippen MR) is 93.2 cm³/mol. The Kier molecular flexibility index (Phi) is 6.37. The molecule has 0 atom stereocenters. The van der Waals surface area contributed by atoms with Gasteiger partial charge >= 0.3 is 0 Å². The Morgan fingerprint density at radius 1 is 0.833 bits per heavy atom. The molecule has 0 spiro atoms. The molecule has 2 aromatic rings. The summed E-state index contributed by atoms with van der Waals surface area (Å²) in [6, 6.07) is 14.8. The monoisotopic (exact) mass is 326 g/mol. The normalized spacial score (nSPS) is 10.1. The smallest absolute Gasteiger partial charge is 0.258 e. The van der Waals surface area contributed by atoms with Crippen molar-refractivity contribution in [3.8, 4) is 5.75 Å². The van der Waals surface area contributed by atoms with E-state index < -0.39 is 0 Å². The van der Waals surface area contributed by atoms with Crippen LogP contribution in [0.25, 0.3) is 0 Å². The van der Waals surface area contributed by atoms with E-state index in [2.05, 4.69) is 10.6 Å². The van der Waals surface area contributed by atoms with E-state index in [4.69, 9.17) is 4.74 Å². The molecule has 5 heteroatoms. The number of hydrogen-bond acceptors (Lipinski definition) is 3. The maximum absolute atomic E-state index is 11.9. The van der Waals surface area contributed by atoms with Crippen LogP contribution < -0.4 is 15.4 Å². The van der Waals surface area contributed by atoms with Crippen molar-refractivity contribution in [3.05, 3.63) is 65.2 Å². The molecule has 0 heterocycles. The van der Waals surface area contributed by atoms with Crippen molar-refractivity contribution in [2.24, 2.45) is 0 Å². The lowest BCUT2D eigenvalue weighted by atomic mass is 10.1. The molecular weight excluding hydrogens is 304 g/mol. The summed E-state index contributed by atoms with van der Waals surface area (Å²) in [4.78, 5) is 23.6. The molecule has 0 saturated carbocycles. The molecule has 2 rings (SSSR count). The van der Waals surface area contributed by atoms with Gasteiger partial charge in [-0.05, 0) is 38.1 Å². The van der Waals surface area contributed by atoms with Crippen molar-refractivity contribution in [1.29, 1.82) is 0 Å². The van der Waals surface area contributed by atoms with Crippen molar-refractivity contribution in [3.63, 3.8) is 0 Å². The summed E-state index contributed by atoms with van der Waals surface area (Å²) in [7, 11) is 0. The van der Waals surface area contributed by atoms with Gasteiger partial charge in [0.15, 0.2) is 6.61 Å². The van der Waals surface area contributed by atoms with Gasteiger partial charge in [0.25, 0.3) is 11.8 Å². The maximum atomic E-state index is 11.9. The van der Waals surface area contributed by atoms with Gasteiger partial charge in [-0.25, -0.2) is 0 Å². The van der Waals surface area contributed by atoms with E-state index in [1.807, 2.05) is 50.2 Å². The van der Waals surface area contributed by atoms with E-state index in [-0.39, 0.29) is 18.4 Å². The van der Waals surface area contributed by atoms with Crippen LogP contribution in [0, 0.1) is 13.8 Å². The Bertz CT molecular complexity index is 679. The molecular formula is C19H22N2O3. The molecule has 0 unspecified atom stereocenters. The van der Waals surface area contributed by atoms with Crippen LogP contribution in [-0.2, 0) is 4.79 Å². The molecule has 2 amide bonds. The molecule has 0 bridgehead atoms. The van der Waals surface area contributed by atoms with Crippen molar-refractivity contribution in [1.82, 2.24) is 10.6 Å². The molecule has 0 saturated heterocycles. The first-order valence-corrected chi connectivity index (χ1v) is 7.85. The van der Waals surface area contributed by atoms with Gasteiger partial charge in [0.1, 0.15) is 5.75 Å². The second kappa shape index (κ2) is 8.72. The van der Waals surface area contributed by atoms with Gasteiger partial charge < -0.3 is 15.4 Å². The highest BCUT2D eigenvalue weighted by Gasteiger charge is 2.05. The van der Waals surface area contributed by atoms with Crippen LogP contribution in [0.1, 0.15) is 21.5 Å². The number of ether oxygens (including phenoxy) is 1. The molecule has 0 fully saturated rings. The fraction of sp³-hybridized carbons (Fsp3) is 0.263. The molecule has 24 heavy (non-hydrogen) atoms. The second-order valence-electron chi connectivity index (χ2n) is 5.57. The molecule has 0 aliphatic rings. The quantitative estimate of drug-likeness (QED) is 0.767.